The predicted octanol–water partition coefficient (Wildman–Crippen LogP) is 3.86. The van der Waals surface area contributed by atoms with Crippen LogP contribution in [-0.4, -0.2) is 21.6 Å². The Balaban J connectivity index is 3.56. The van der Waals surface area contributed by atoms with Crippen molar-refractivity contribution >= 4 is 26.0 Å². The van der Waals surface area contributed by atoms with E-state index in [0.29, 0.717) is 22.6 Å². The third-order valence-electron chi connectivity index (χ3n) is 3.31. The molecule has 1 N–H and O–H groups in total. The first-order valence-electron chi connectivity index (χ1n) is 7.32. The van der Waals surface area contributed by atoms with Gasteiger partial charge in [-0.25, -0.2) is 9.52 Å². The fourth-order valence-electron chi connectivity index (χ4n) is 2.16. The third-order valence-corrected chi connectivity index (χ3v) is 3.96. The summed E-state index contributed by atoms with van der Waals surface area (Å²) in [5, 5.41) is 0. The first-order chi connectivity index (χ1) is 10.6. The van der Waals surface area contributed by atoms with Crippen LogP contribution in [0.2, 0.25) is 0 Å². The Hall–Kier alpha value is -1.47. The largest absolute Gasteiger partial charge is 0.497 e. The van der Waals surface area contributed by atoms with E-state index in [1.165, 1.54) is 0 Å². The van der Waals surface area contributed by atoms with Crippen molar-refractivity contribution in [1.29, 1.82) is 0 Å². The quantitative estimate of drug-likeness (QED) is 0.809. The number of carbonyl (C=O) groups is 1. The second kappa shape index (κ2) is 6.80. The van der Waals surface area contributed by atoms with Crippen LogP contribution in [0.25, 0.3) is 0 Å². The minimum atomic E-state index is -4.23. The molecule has 8 heteroatoms. The highest BCUT2D eigenvalue weighted by molar-refractivity contribution is 8.12. The summed E-state index contributed by atoms with van der Waals surface area (Å²) in [6, 6.07) is 3.54. The fourth-order valence-corrected chi connectivity index (χ4v) is 2.59. The molecule has 0 aliphatic rings. The maximum Gasteiger partial charge on any atom is 0.427 e. The Bertz CT molecular complexity index is 695. The number of hydrogen-bond donors (Lipinski definition) is 1. The number of rotatable bonds is 3. The molecule has 0 heterocycles. The van der Waals surface area contributed by atoms with Gasteiger partial charge < -0.3 is 9.47 Å². The van der Waals surface area contributed by atoms with Crippen molar-refractivity contribution in [1.82, 2.24) is 4.72 Å². The van der Waals surface area contributed by atoms with Crippen LogP contribution in [0.5, 0.6) is 11.5 Å². The zero-order chi connectivity index (χ0) is 18.9. The average molecular weight is 378 g/mol. The van der Waals surface area contributed by atoms with Gasteiger partial charge >= 0.3 is 15.3 Å². The fraction of sp³-hybridized carbons (Fsp3) is 0.562. The Morgan fingerprint density at radius 1 is 1.04 bits per heavy atom. The molecule has 0 fully saturated rings. The summed E-state index contributed by atoms with van der Waals surface area (Å²) in [6.07, 6.45) is -1.16. The van der Waals surface area contributed by atoms with E-state index in [1.54, 1.807) is 24.0 Å². The monoisotopic (exact) mass is 377 g/mol. The van der Waals surface area contributed by atoms with Crippen LogP contribution < -0.4 is 14.2 Å². The van der Waals surface area contributed by atoms with Crippen molar-refractivity contribution in [2.24, 2.45) is 0 Å². The van der Waals surface area contributed by atoms with Crippen molar-refractivity contribution in [2.75, 3.05) is 7.11 Å². The molecular formula is C16H24ClNO5S. The maximum atomic E-state index is 11.9. The average Bonchev–Trinajstić information content (AvgIpc) is 2.33. The van der Waals surface area contributed by atoms with Gasteiger partial charge in [-0.1, -0.05) is 41.5 Å². The van der Waals surface area contributed by atoms with Gasteiger partial charge in [0, 0.05) is 21.8 Å². The van der Waals surface area contributed by atoms with E-state index < -0.39 is 15.3 Å². The predicted molar refractivity (Wildman–Crippen MR) is 94.3 cm³/mol. The molecule has 0 saturated heterocycles. The molecule has 0 radical (unpaired) electrons. The van der Waals surface area contributed by atoms with Crippen molar-refractivity contribution in [3.63, 3.8) is 0 Å². The summed E-state index contributed by atoms with van der Waals surface area (Å²) in [6.45, 7) is 11.7. The highest BCUT2D eigenvalue weighted by atomic mass is 35.7. The molecule has 1 aromatic carbocycles. The number of benzene rings is 1. The van der Waals surface area contributed by atoms with E-state index >= 15 is 0 Å². The second-order valence-corrected chi connectivity index (χ2v) is 9.78. The zero-order valence-corrected chi connectivity index (χ0v) is 16.6. The third kappa shape index (κ3) is 5.56. The number of carbonyl (C=O) groups excluding carboxylic acids is 1. The first-order valence-corrected chi connectivity index (χ1v) is 9.63. The standard InChI is InChI=1S/C16H24ClNO5S/c1-15(2,3)11-8-10(22-7)9-12(16(4,5)6)13(11)23-14(19)18-24(17,20)21/h8-9H,1-7H3,(H,18,19). The molecule has 1 rings (SSSR count). The molecule has 0 unspecified atom stereocenters. The zero-order valence-electron chi connectivity index (χ0n) is 15.0. The van der Waals surface area contributed by atoms with Gasteiger partial charge in [0.25, 0.3) is 0 Å². The summed E-state index contributed by atoms with van der Waals surface area (Å²) in [4.78, 5) is 11.9. The lowest BCUT2D eigenvalue weighted by molar-refractivity contribution is 0.205. The molecule has 0 atom stereocenters. The molecule has 0 spiro atoms. The van der Waals surface area contributed by atoms with Crippen molar-refractivity contribution in [3.05, 3.63) is 23.3 Å². The number of nitrogens with one attached hydrogen (secondary N) is 1. The Morgan fingerprint density at radius 2 is 1.46 bits per heavy atom. The minimum Gasteiger partial charge on any atom is -0.497 e. The molecule has 0 saturated carbocycles. The van der Waals surface area contributed by atoms with Crippen LogP contribution in [0.3, 0.4) is 0 Å². The summed E-state index contributed by atoms with van der Waals surface area (Å²) in [5.74, 6) is 0.927. The molecule has 0 bridgehead atoms. The summed E-state index contributed by atoms with van der Waals surface area (Å²) < 4.78 is 34.3. The Labute approximate surface area is 148 Å². The topological polar surface area (TPSA) is 81.7 Å². The van der Waals surface area contributed by atoms with Crippen LogP contribution in [0.1, 0.15) is 52.7 Å². The Kier molecular flexibility index (Phi) is 5.83. The lowest BCUT2D eigenvalue weighted by Crippen LogP contribution is -2.31. The summed E-state index contributed by atoms with van der Waals surface area (Å²) in [5.41, 5.74) is 0.691. The number of methoxy groups -OCH3 is 1. The molecule has 0 aromatic heterocycles. The number of amides is 1. The van der Waals surface area contributed by atoms with Crippen molar-refractivity contribution in [3.8, 4) is 11.5 Å². The van der Waals surface area contributed by atoms with E-state index in [-0.39, 0.29) is 10.8 Å². The molecule has 6 nitrogen and oxygen atoms in total. The van der Waals surface area contributed by atoms with Crippen LogP contribution >= 0.6 is 10.7 Å². The van der Waals surface area contributed by atoms with Crippen LogP contribution in [0, 0.1) is 0 Å². The molecule has 136 valence electrons. The molecule has 0 aliphatic heterocycles. The number of hydrogen-bond acceptors (Lipinski definition) is 5. The maximum absolute atomic E-state index is 11.9. The molecule has 0 aliphatic carbocycles. The van der Waals surface area contributed by atoms with Crippen molar-refractivity contribution in [2.45, 2.75) is 52.4 Å². The van der Waals surface area contributed by atoms with Gasteiger partial charge in [0.15, 0.2) is 0 Å². The molecular weight excluding hydrogens is 354 g/mol. The van der Waals surface area contributed by atoms with Crippen LogP contribution in [0.4, 0.5) is 4.79 Å². The molecule has 1 amide bonds. The van der Waals surface area contributed by atoms with E-state index in [1.807, 2.05) is 41.5 Å². The SMILES string of the molecule is COc1cc(C(C)(C)C)c(OC(=O)NS(=O)(=O)Cl)c(C(C)(C)C)c1. The number of halogens is 1. The molecule has 24 heavy (non-hydrogen) atoms. The van der Waals surface area contributed by atoms with Gasteiger partial charge in [-0.2, -0.15) is 8.42 Å². The van der Waals surface area contributed by atoms with E-state index in [9.17, 15) is 13.2 Å². The van der Waals surface area contributed by atoms with E-state index in [2.05, 4.69) is 0 Å². The van der Waals surface area contributed by atoms with Gasteiger partial charge in [-0.15, -0.1) is 0 Å². The second-order valence-electron chi connectivity index (χ2n) is 7.48. The van der Waals surface area contributed by atoms with Gasteiger partial charge in [0.05, 0.1) is 7.11 Å². The smallest absolute Gasteiger partial charge is 0.427 e. The normalized spacial score (nSPS) is 12.7. The van der Waals surface area contributed by atoms with E-state index in [4.69, 9.17) is 20.2 Å². The minimum absolute atomic E-state index is 0.300. The van der Waals surface area contributed by atoms with E-state index in [0.717, 1.165) is 0 Å². The lowest BCUT2D eigenvalue weighted by Gasteiger charge is -2.29. The van der Waals surface area contributed by atoms with Crippen LogP contribution in [-0.2, 0) is 20.1 Å². The highest BCUT2D eigenvalue weighted by Gasteiger charge is 2.30. The Morgan fingerprint density at radius 3 is 1.75 bits per heavy atom. The van der Waals surface area contributed by atoms with Gasteiger partial charge in [0.2, 0.25) is 0 Å². The van der Waals surface area contributed by atoms with Crippen molar-refractivity contribution < 1.29 is 22.7 Å². The summed E-state index contributed by atoms with van der Waals surface area (Å²) >= 11 is 0. The molecule has 1 aromatic rings. The highest BCUT2D eigenvalue weighted by Crippen LogP contribution is 2.42. The van der Waals surface area contributed by atoms with Gasteiger partial charge in [-0.05, 0) is 23.0 Å². The number of ether oxygens (including phenoxy) is 2. The van der Waals surface area contributed by atoms with Gasteiger partial charge in [-0.3, -0.25) is 0 Å². The van der Waals surface area contributed by atoms with Gasteiger partial charge in [0.1, 0.15) is 11.5 Å². The lowest BCUT2D eigenvalue weighted by atomic mass is 9.79. The summed E-state index contributed by atoms with van der Waals surface area (Å²) in [7, 11) is 2.37. The van der Waals surface area contributed by atoms with Crippen LogP contribution in [0.15, 0.2) is 12.1 Å². The first kappa shape index (κ1) is 20.6.